The minimum atomic E-state index is -0.732. The Morgan fingerprint density at radius 1 is 0.885 bits per heavy atom. The highest BCUT2D eigenvalue weighted by Crippen LogP contribution is 2.09. The highest BCUT2D eigenvalue weighted by Gasteiger charge is 2.23. The molecule has 0 aromatic carbocycles. The number of hydroxylamine groups is 2. The van der Waals surface area contributed by atoms with Crippen LogP contribution >= 0.6 is 0 Å². The zero-order valence-corrected chi connectivity index (χ0v) is 16.3. The van der Waals surface area contributed by atoms with E-state index in [1.807, 2.05) is 13.8 Å². The molecule has 1 N–H and O–H groups in total. The fourth-order valence-electron chi connectivity index (χ4n) is 1.97. The van der Waals surface area contributed by atoms with Gasteiger partial charge >= 0.3 is 12.3 Å². The summed E-state index contributed by atoms with van der Waals surface area (Å²) >= 11 is 0. The quantitative estimate of drug-likeness (QED) is 0.277. The van der Waals surface area contributed by atoms with E-state index in [1.165, 1.54) is 0 Å². The molecule has 0 heterocycles. The van der Waals surface area contributed by atoms with Gasteiger partial charge in [-0.1, -0.05) is 13.8 Å². The van der Waals surface area contributed by atoms with Crippen LogP contribution in [0.2, 0.25) is 0 Å². The number of ether oxygens (including phenoxy) is 4. The molecule has 0 spiro atoms. The lowest BCUT2D eigenvalue weighted by Gasteiger charge is -2.28. The number of hydrogen-bond donors (Lipinski definition) is 1. The maximum absolute atomic E-state index is 11.5. The van der Waals surface area contributed by atoms with E-state index in [-0.39, 0.29) is 32.9 Å². The summed E-state index contributed by atoms with van der Waals surface area (Å²) in [6, 6.07) is 0. The SMILES string of the molecule is CCOC(=O)OC(CC)CN(CC(CC)OC(=O)OCC)OCCCO. The molecule has 26 heavy (non-hydrogen) atoms. The maximum atomic E-state index is 11.5. The predicted octanol–water partition coefficient (Wildman–Crippen LogP) is 2.51. The van der Waals surface area contributed by atoms with Crippen LogP contribution in [0.5, 0.6) is 0 Å². The van der Waals surface area contributed by atoms with Crippen LogP contribution in [-0.2, 0) is 23.8 Å². The zero-order chi connectivity index (χ0) is 19.8. The molecule has 0 aromatic rings. The molecule has 0 aliphatic rings. The summed E-state index contributed by atoms with van der Waals surface area (Å²) < 4.78 is 20.1. The first kappa shape index (κ1) is 24.4. The lowest BCUT2D eigenvalue weighted by atomic mass is 10.2. The van der Waals surface area contributed by atoms with Crippen LogP contribution in [0.1, 0.15) is 47.0 Å². The number of rotatable bonds is 14. The Balaban J connectivity index is 4.77. The van der Waals surface area contributed by atoms with Crippen molar-refractivity contribution in [2.24, 2.45) is 0 Å². The Bertz CT molecular complexity index is 350. The molecule has 154 valence electrons. The molecule has 0 bridgehead atoms. The summed E-state index contributed by atoms with van der Waals surface area (Å²) in [6.07, 6.45) is -0.760. The number of carbonyl (C=O) groups is 2. The highest BCUT2D eigenvalue weighted by molar-refractivity contribution is 5.60. The normalized spacial score (nSPS) is 13.2. The van der Waals surface area contributed by atoms with Gasteiger partial charge in [0.05, 0.1) is 32.9 Å². The molecule has 0 aliphatic heterocycles. The fourth-order valence-corrected chi connectivity index (χ4v) is 1.97. The molecule has 9 heteroatoms. The molecule has 0 saturated carbocycles. The van der Waals surface area contributed by atoms with Gasteiger partial charge in [-0.2, -0.15) is 5.06 Å². The number of aliphatic hydroxyl groups excluding tert-OH is 1. The van der Waals surface area contributed by atoms with Gasteiger partial charge in [0.1, 0.15) is 12.2 Å². The van der Waals surface area contributed by atoms with E-state index in [0.717, 1.165) is 0 Å². The summed E-state index contributed by atoms with van der Waals surface area (Å²) in [5.74, 6) is 0. The number of carbonyl (C=O) groups excluding carboxylic acids is 2. The van der Waals surface area contributed by atoms with Crippen molar-refractivity contribution in [2.45, 2.75) is 59.2 Å². The topological polar surface area (TPSA) is 104 Å². The Labute approximate surface area is 155 Å². The van der Waals surface area contributed by atoms with Gasteiger partial charge in [0.15, 0.2) is 0 Å². The molecule has 0 radical (unpaired) electrons. The monoisotopic (exact) mass is 379 g/mol. The van der Waals surface area contributed by atoms with Gasteiger partial charge in [0, 0.05) is 6.61 Å². The summed E-state index contributed by atoms with van der Waals surface area (Å²) in [6.45, 7) is 8.48. The predicted molar refractivity (Wildman–Crippen MR) is 93.6 cm³/mol. The Hall–Kier alpha value is -1.58. The second-order valence-electron chi connectivity index (χ2n) is 5.42. The first-order valence-electron chi connectivity index (χ1n) is 9.15. The number of nitrogens with zero attached hydrogens (tertiary/aromatic N) is 1. The molecule has 2 unspecified atom stereocenters. The molecular formula is C17H33NO8. The molecule has 2 atom stereocenters. The van der Waals surface area contributed by atoms with E-state index in [0.29, 0.717) is 25.9 Å². The first-order chi connectivity index (χ1) is 12.5. The van der Waals surface area contributed by atoms with E-state index in [2.05, 4.69) is 0 Å². The third kappa shape index (κ3) is 11.9. The summed E-state index contributed by atoms with van der Waals surface area (Å²) in [5, 5.41) is 10.5. The van der Waals surface area contributed by atoms with Gasteiger partial charge in [0.2, 0.25) is 0 Å². The molecule has 0 aromatic heterocycles. The molecular weight excluding hydrogens is 346 g/mol. The number of aliphatic hydroxyl groups is 1. The number of hydrogen-bond acceptors (Lipinski definition) is 9. The largest absolute Gasteiger partial charge is 0.508 e. The van der Waals surface area contributed by atoms with Crippen LogP contribution in [0.3, 0.4) is 0 Å². The van der Waals surface area contributed by atoms with Gasteiger partial charge < -0.3 is 24.1 Å². The second-order valence-corrected chi connectivity index (χ2v) is 5.42. The van der Waals surface area contributed by atoms with Crippen LogP contribution in [0.25, 0.3) is 0 Å². The highest BCUT2D eigenvalue weighted by atomic mass is 16.7. The minimum Gasteiger partial charge on any atom is -0.435 e. The summed E-state index contributed by atoms with van der Waals surface area (Å²) in [7, 11) is 0. The average molecular weight is 379 g/mol. The smallest absolute Gasteiger partial charge is 0.435 e. The van der Waals surface area contributed by atoms with Crippen LogP contribution in [0.15, 0.2) is 0 Å². The maximum Gasteiger partial charge on any atom is 0.508 e. The zero-order valence-electron chi connectivity index (χ0n) is 16.3. The summed E-state index contributed by atoms with van der Waals surface area (Å²) in [4.78, 5) is 28.7. The van der Waals surface area contributed by atoms with Gasteiger partial charge in [-0.3, -0.25) is 4.84 Å². The Morgan fingerprint density at radius 2 is 1.35 bits per heavy atom. The fraction of sp³-hybridized carbons (Fsp3) is 0.882. The van der Waals surface area contributed by atoms with E-state index in [1.54, 1.807) is 18.9 Å². The Kier molecular flexibility index (Phi) is 14.7. The van der Waals surface area contributed by atoms with E-state index in [4.69, 9.17) is 28.9 Å². The molecule has 0 amide bonds. The van der Waals surface area contributed by atoms with Crippen molar-refractivity contribution in [1.82, 2.24) is 5.06 Å². The minimum absolute atomic E-state index is 0.000897. The van der Waals surface area contributed by atoms with Crippen molar-refractivity contribution >= 4 is 12.3 Å². The first-order valence-corrected chi connectivity index (χ1v) is 9.15. The van der Waals surface area contributed by atoms with Gasteiger partial charge in [-0.15, -0.1) is 0 Å². The van der Waals surface area contributed by atoms with Crippen LogP contribution < -0.4 is 0 Å². The van der Waals surface area contributed by atoms with Crippen LogP contribution in [0, 0.1) is 0 Å². The standard InChI is InChI=1S/C17H33NO8/c1-5-14(25-16(20)22-7-3)12-18(24-11-9-10-19)13-15(6-2)26-17(21)23-8-4/h14-15,19H,5-13H2,1-4H3. The van der Waals surface area contributed by atoms with Crippen molar-refractivity contribution in [2.75, 3.05) is 39.5 Å². The van der Waals surface area contributed by atoms with Crippen molar-refractivity contribution < 1.29 is 38.5 Å². The summed E-state index contributed by atoms with van der Waals surface area (Å²) in [5.41, 5.74) is 0. The van der Waals surface area contributed by atoms with Crippen LogP contribution in [0.4, 0.5) is 9.59 Å². The van der Waals surface area contributed by atoms with E-state index < -0.39 is 24.5 Å². The Morgan fingerprint density at radius 3 is 1.69 bits per heavy atom. The van der Waals surface area contributed by atoms with E-state index >= 15 is 0 Å². The molecule has 0 saturated heterocycles. The van der Waals surface area contributed by atoms with Crippen molar-refractivity contribution in [3.8, 4) is 0 Å². The van der Waals surface area contributed by atoms with Crippen molar-refractivity contribution in [1.29, 1.82) is 0 Å². The molecule has 0 aliphatic carbocycles. The average Bonchev–Trinajstić information content (AvgIpc) is 2.60. The lowest BCUT2D eigenvalue weighted by Crippen LogP contribution is -2.41. The third-order valence-electron chi connectivity index (χ3n) is 3.35. The van der Waals surface area contributed by atoms with Crippen LogP contribution in [-0.4, -0.2) is 74.2 Å². The lowest BCUT2D eigenvalue weighted by molar-refractivity contribution is -0.190. The van der Waals surface area contributed by atoms with Crippen molar-refractivity contribution in [3.05, 3.63) is 0 Å². The molecule has 9 nitrogen and oxygen atoms in total. The molecule has 0 rings (SSSR count). The van der Waals surface area contributed by atoms with Crippen molar-refractivity contribution in [3.63, 3.8) is 0 Å². The molecule has 0 fully saturated rings. The second kappa shape index (κ2) is 15.7. The third-order valence-corrected chi connectivity index (χ3v) is 3.35. The van der Waals surface area contributed by atoms with E-state index in [9.17, 15) is 9.59 Å². The van der Waals surface area contributed by atoms with Gasteiger partial charge in [0.25, 0.3) is 0 Å². The van der Waals surface area contributed by atoms with Gasteiger partial charge in [-0.25, -0.2) is 9.59 Å². The van der Waals surface area contributed by atoms with Gasteiger partial charge in [-0.05, 0) is 33.1 Å².